The van der Waals surface area contributed by atoms with Crippen molar-refractivity contribution in [1.82, 2.24) is 15.2 Å². The summed E-state index contributed by atoms with van der Waals surface area (Å²) in [4.78, 5) is 40.6. The van der Waals surface area contributed by atoms with Gasteiger partial charge in [0.2, 0.25) is 5.91 Å². The number of nitrogens with zero attached hydrogens (tertiary/aromatic N) is 2. The molecule has 1 aromatic heterocycles. The number of nitrogens with one attached hydrogen (secondary N) is 1. The molecule has 1 aliphatic heterocycles. The molecule has 0 spiro atoms. The smallest absolute Gasteiger partial charge is 0.335 e. The number of carboxylic acid groups (broad SMARTS) is 1. The second-order valence-electron chi connectivity index (χ2n) is 6.16. The Morgan fingerprint density at radius 1 is 1.19 bits per heavy atom. The van der Waals surface area contributed by atoms with Crippen LogP contribution in [-0.4, -0.2) is 39.3 Å². The van der Waals surface area contributed by atoms with E-state index in [1.165, 1.54) is 18.3 Å². The van der Waals surface area contributed by atoms with E-state index in [2.05, 4.69) is 10.3 Å². The zero-order valence-corrected chi connectivity index (χ0v) is 14.1. The van der Waals surface area contributed by atoms with Crippen molar-refractivity contribution in [2.45, 2.75) is 25.9 Å². The third kappa shape index (κ3) is 4.24. The van der Waals surface area contributed by atoms with Crippen LogP contribution in [0.4, 0.5) is 0 Å². The van der Waals surface area contributed by atoms with Crippen LogP contribution in [0.15, 0.2) is 42.6 Å². The van der Waals surface area contributed by atoms with Gasteiger partial charge in [-0.15, -0.1) is 0 Å². The Bertz CT molecular complexity index is 850. The molecule has 2 N–H and O–H groups in total. The third-order valence-electron chi connectivity index (χ3n) is 4.23. The quantitative estimate of drug-likeness (QED) is 0.825. The summed E-state index contributed by atoms with van der Waals surface area (Å²) in [6.45, 7) is 1.65. The number of carbonyl (C=O) groups is 3. The lowest BCUT2D eigenvalue weighted by Crippen LogP contribution is -2.25. The number of benzene rings is 1. The third-order valence-corrected chi connectivity index (χ3v) is 4.23. The van der Waals surface area contributed by atoms with Gasteiger partial charge in [-0.25, -0.2) is 4.79 Å². The number of hydrogen-bond donors (Lipinski definition) is 2. The molecule has 7 heteroatoms. The van der Waals surface area contributed by atoms with Gasteiger partial charge >= 0.3 is 5.97 Å². The molecule has 3 rings (SSSR count). The number of carbonyl (C=O) groups excluding carboxylic acids is 2. The highest BCUT2D eigenvalue weighted by atomic mass is 16.4. The fraction of sp³-hybridized carbons (Fsp3) is 0.263. The first kappa shape index (κ1) is 17.6. The molecular formula is C19H19N3O4. The highest BCUT2D eigenvalue weighted by Crippen LogP contribution is 2.15. The largest absolute Gasteiger partial charge is 0.478 e. The van der Waals surface area contributed by atoms with Crippen LogP contribution >= 0.6 is 0 Å². The monoisotopic (exact) mass is 353 g/mol. The van der Waals surface area contributed by atoms with Crippen LogP contribution in [0.25, 0.3) is 0 Å². The fourth-order valence-corrected chi connectivity index (χ4v) is 2.89. The molecule has 1 aromatic carbocycles. The molecule has 7 nitrogen and oxygen atoms in total. The summed E-state index contributed by atoms with van der Waals surface area (Å²) in [7, 11) is 0. The molecule has 2 amide bonds. The average Bonchev–Trinajstić information content (AvgIpc) is 3.05. The molecule has 0 aliphatic carbocycles. The maximum atomic E-state index is 12.2. The summed E-state index contributed by atoms with van der Waals surface area (Å²) in [6.07, 6.45) is 2.81. The van der Waals surface area contributed by atoms with Crippen molar-refractivity contribution in [3.8, 4) is 0 Å². The highest BCUT2D eigenvalue weighted by Gasteiger charge is 2.20. The van der Waals surface area contributed by atoms with E-state index in [9.17, 15) is 14.4 Å². The van der Waals surface area contributed by atoms with Crippen molar-refractivity contribution in [3.05, 3.63) is 65.0 Å². The van der Waals surface area contributed by atoms with Crippen LogP contribution in [0.3, 0.4) is 0 Å². The molecule has 26 heavy (non-hydrogen) atoms. The first-order valence-electron chi connectivity index (χ1n) is 8.36. The van der Waals surface area contributed by atoms with Gasteiger partial charge in [-0.05, 0) is 29.7 Å². The van der Waals surface area contributed by atoms with E-state index in [0.717, 1.165) is 24.1 Å². The zero-order chi connectivity index (χ0) is 18.5. The number of pyridine rings is 1. The van der Waals surface area contributed by atoms with Gasteiger partial charge < -0.3 is 15.3 Å². The van der Waals surface area contributed by atoms with Crippen molar-refractivity contribution < 1.29 is 19.5 Å². The van der Waals surface area contributed by atoms with Crippen LogP contribution < -0.4 is 5.32 Å². The van der Waals surface area contributed by atoms with E-state index in [0.29, 0.717) is 19.5 Å². The lowest BCUT2D eigenvalue weighted by atomic mass is 10.1. The molecule has 134 valence electrons. The number of carboxylic acids is 1. The Balaban J connectivity index is 1.61. The van der Waals surface area contributed by atoms with E-state index < -0.39 is 11.9 Å². The summed E-state index contributed by atoms with van der Waals surface area (Å²) in [5.74, 6) is -1.37. The maximum Gasteiger partial charge on any atom is 0.335 e. The summed E-state index contributed by atoms with van der Waals surface area (Å²) < 4.78 is 0. The SMILES string of the molecule is O=C(O)c1ccnc(C(=O)NCc2cccc(CN3CCCC3=O)c2)c1. The summed E-state index contributed by atoms with van der Waals surface area (Å²) in [6, 6.07) is 10.3. The summed E-state index contributed by atoms with van der Waals surface area (Å²) in [5, 5.41) is 11.7. The van der Waals surface area contributed by atoms with E-state index in [1.807, 2.05) is 29.2 Å². The number of likely N-dealkylation sites (tertiary alicyclic amines) is 1. The topological polar surface area (TPSA) is 99.6 Å². The molecule has 0 atom stereocenters. The van der Waals surface area contributed by atoms with Gasteiger partial charge in [0.25, 0.3) is 5.91 Å². The van der Waals surface area contributed by atoms with Crippen molar-refractivity contribution >= 4 is 17.8 Å². The second-order valence-corrected chi connectivity index (χ2v) is 6.16. The molecule has 1 fully saturated rings. The minimum absolute atomic E-state index is 0.0161. The van der Waals surface area contributed by atoms with Crippen LogP contribution in [-0.2, 0) is 17.9 Å². The number of amides is 2. The predicted octanol–water partition coefficient (Wildman–Crippen LogP) is 1.83. The predicted molar refractivity (Wildman–Crippen MR) is 93.5 cm³/mol. The van der Waals surface area contributed by atoms with Gasteiger partial charge in [-0.1, -0.05) is 24.3 Å². The van der Waals surface area contributed by atoms with Gasteiger partial charge in [-0.2, -0.15) is 0 Å². The van der Waals surface area contributed by atoms with E-state index in [1.54, 1.807) is 0 Å². The zero-order valence-electron chi connectivity index (χ0n) is 14.1. The van der Waals surface area contributed by atoms with Crippen molar-refractivity contribution in [2.24, 2.45) is 0 Å². The molecule has 2 aromatic rings. The molecular weight excluding hydrogens is 334 g/mol. The van der Waals surface area contributed by atoms with Crippen LogP contribution in [0, 0.1) is 0 Å². The number of aromatic carboxylic acids is 1. The average molecular weight is 353 g/mol. The molecule has 1 saturated heterocycles. The van der Waals surface area contributed by atoms with E-state index >= 15 is 0 Å². The fourth-order valence-electron chi connectivity index (χ4n) is 2.89. The molecule has 0 radical (unpaired) electrons. The standard InChI is InChI=1S/C19H19N3O4/c23-17-5-2-8-22(17)12-14-4-1-3-13(9-14)11-21-18(24)16-10-15(19(25)26)6-7-20-16/h1,3-4,6-7,9-10H,2,5,8,11-12H2,(H,21,24)(H,25,26). The van der Waals surface area contributed by atoms with Crippen molar-refractivity contribution in [3.63, 3.8) is 0 Å². The Kier molecular flexibility index (Phi) is 5.26. The number of rotatable bonds is 6. The summed E-state index contributed by atoms with van der Waals surface area (Å²) in [5.41, 5.74) is 1.99. The van der Waals surface area contributed by atoms with Crippen molar-refractivity contribution in [2.75, 3.05) is 6.54 Å². The lowest BCUT2D eigenvalue weighted by molar-refractivity contribution is -0.128. The Labute approximate surface area is 150 Å². The minimum Gasteiger partial charge on any atom is -0.478 e. The number of hydrogen-bond acceptors (Lipinski definition) is 4. The maximum absolute atomic E-state index is 12.2. The Hall–Kier alpha value is -3.22. The molecule has 0 unspecified atom stereocenters. The first-order chi connectivity index (χ1) is 12.5. The van der Waals surface area contributed by atoms with Gasteiger partial charge in [0.15, 0.2) is 0 Å². The Morgan fingerprint density at radius 2 is 2.00 bits per heavy atom. The van der Waals surface area contributed by atoms with Gasteiger partial charge in [-0.3, -0.25) is 14.6 Å². The van der Waals surface area contributed by atoms with Gasteiger partial charge in [0, 0.05) is 32.3 Å². The second kappa shape index (κ2) is 7.77. The van der Waals surface area contributed by atoms with Gasteiger partial charge in [0.1, 0.15) is 5.69 Å². The lowest BCUT2D eigenvalue weighted by Gasteiger charge is -2.16. The molecule has 0 saturated carbocycles. The molecule has 1 aliphatic rings. The molecule has 2 heterocycles. The van der Waals surface area contributed by atoms with E-state index in [-0.39, 0.29) is 17.2 Å². The van der Waals surface area contributed by atoms with Crippen LogP contribution in [0.2, 0.25) is 0 Å². The van der Waals surface area contributed by atoms with Gasteiger partial charge in [0.05, 0.1) is 5.56 Å². The highest BCUT2D eigenvalue weighted by molar-refractivity contribution is 5.95. The molecule has 0 bridgehead atoms. The van der Waals surface area contributed by atoms with Crippen molar-refractivity contribution in [1.29, 1.82) is 0 Å². The normalized spacial score (nSPS) is 13.7. The minimum atomic E-state index is -1.11. The van der Waals surface area contributed by atoms with Crippen LogP contribution in [0.1, 0.15) is 44.8 Å². The number of aromatic nitrogens is 1. The first-order valence-corrected chi connectivity index (χ1v) is 8.36. The van der Waals surface area contributed by atoms with E-state index in [4.69, 9.17) is 5.11 Å². The van der Waals surface area contributed by atoms with Crippen LogP contribution in [0.5, 0.6) is 0 Å². The summed E-state index contributed by atoms with van der Waals surface area (Å²) >= 11 is 0. The Morgan fingerprint density at radius 3 is 2.73 bits per heavy atom.